The number of halogens is 2. The molecule has 3 aliphatic heterocycles. The van der Waals surface area contributed by atoms with E-state index in [1.54, 1.807) is 14.2 Å². The summed E-state index contributed by atoms with van der Waals surface area (Å²) in [7, 11) is 4.47. The monoisotopic (exact) mass is 1720 g/mol. The number of nitrogens with zero attached hydrogens (tertiary/aromatic N) is 2. The molecule has 0 atom stereocenters. The molecule has 3 fully saturated rings. The smallest absolute Gasteiger partial charge is 0.497 e. The number of ether oxygens (including phenoxy) is 2. The number of methoxy groups -OCH3 is 2. The minimum Gasteiger partial charge on any atom is -0.497 e. The minimum absolute atomic E-state index is 0. The van der Waals surface area contributed by atoms with Gasteiger partial charge in [-0.25, -0.2) is 0 Å². The molecule has 12 nitrogen and oxygen atoms in total. The Morgan fingerprint density at radius 2 is 0.730 bits per heavy atom. The van der Waals surface area contributed by atoms with Gasteiger partial charge < -0.3 is 47.6 Å². The Bertz CT molecular complexity index is 2620. The van der Waals surface area contributed by atoms with Crippen LogP contribution in [0.5, 0.6) is 11.5 Å². The van der Waals surface area contributed by atoms with Crippen molar-refractivity contribution in [1.29, 1.82) is 0 Å². The predicted molar refractivity (Wildman–Crippen MR) is 376 cm³/mol. The number of hydrogen-bond donors (Lipinski definition) is 0. The summed E-state index contributed by atoms with van der Waals surface area (Å²) in [5.41, 5.74) is 5.87. The summed E-state index contributed by atoms with van der Waals surface area (Å²) in [6.07, 6.45) is 31.8. The molecule has 89 heavy (non-hydrogen) atoms. The standard InChI is InChI=1S/C18H24N2.C14H20BBrO3.C12H24B2O4.C8H9BrO.2C8H12.2CH4O.2Ir/c1-17(2,3)13-7-9-19-15(11-13)16-12-14(8-10-20-16)18(4,5)6;1-9-7-10(12(17-6)8-11(9)16)15-18-13(2,3)14(4,5)19-15;1-9(2)10(3,4)16-13(15-9)14-17-11(5,6)12(7,8)18-14;1-6-3-4-7(10-2)5-8(6)9;2*1-2-4-6-8-7-5-3-1;2*1-2;;/h7-12H,1-6H3;7-8H,1-6H3;1-8H3;3-5H,1-2H3;2*1-2,7-8H,3-6H2;2*2H,1H3;;/p+2/b;;;;2*2-1-,8-7?;;;;. The van der Waals surface area contributed by atoms with Gasteiger partial charge in [-0.3, -0.25) is 9.97 Å². The SMILES string of the molecule is C1=CCC/C=C\CC1.C1=CCC/C=C\CC1.CC(C)(C)c1ccnc(-c2cc(C(C)(C)C)ccn2)c1.CC1(C)OB(B2OC(C)(C)C(C)(C)O2)OC1(C)C.COc1cc(Br)c(C)cc1B1OC(C)(C)C(C)(C)O1.COc1ccc(C)c(Br)c1.C[OH2+].C[OH2+].[Ir].[Ir]. The molecule has 9 rings (SSSR count). The zero-order valence-corrected chi connectivity index (χ0v) is 66.4. The molecule has 5 heterocycles. The number of pyridine rings is 2. The largest absolute Gasteiger partial charge is 0.498 e. The molecular formula is C70H111B3Br2Ir2N2O10+2. The summed E-state index contributed by atoms with van der Waals surface area (Å²) in [4.78, 5) is 8.97. The molecule has 4 N–H and O–H groups in total. The van der Waals surface area contributed by atoms with Gasteiger partial charge in [0.15, 0.2) is 0 Å². The molecule has 0 bridgehead atoms. The van der Waals surface area contributed by atoms with Gasteiger partial charge in [0.25, 0.3) is 0 Å². The van der Waals surface area contributed by atoms with Crippen molar-refractivity contribution >= 4 is 58.5 Å². The molecule has 2 aliphatic carbocycles. The quantitative estimate of drug-likeness (QED) is 0.108. The van der Waals surface area contributed by atoms with E-state index in [-0.39, 0.29) is 84.6 Å². The topological polar surface area (TPSA) is 145 Å². The molecule has 2 aromatic heterocycles. The second kappa shape index (κ2) is 39.3. The van der Waals surface area contributed by atoms with Gasteiger partial charge in [-0.2, -0.15) is 0 Å². The summed E-state index contributed by atoms with van der Waals surface area (Å²) in [6, 6.07) is 18.4. The molecule has 0 saturated carbocycles. The van der Waals surface area contributed by atoms with Crippen molar-refractivity contribution in [3.05, 3.63) is 147 Å². The average molecular weight is 1720 g/mol. The molecule has 19 heteroatoms. The maximum Gasteiger partial charge on any atom is 0.498 e. The van der Waals surface area contributed by atoms with Crippen molar-refractivity contribution in [3.63, 3.8) is 0 Å². The van der Waals surface area contributed by atoms with Gasteiger partial charge in [0, 0.05) is 67.0 Å². The first-order chi connectivity index (χ1) is 40.5. The zero-order chi connectivity index (χ0) is 66.2. The average Bonchev–Trinajstić information content (AvgIpc) is 1.87. The fraction of sp³-hybridized carbons (Fsp3) is 0.571. The Morgan fingerprint density at radius 1 is 0.427 bits per heavy atom. The van der Waals surface area contributed by atoms with E-state index in [1.165, 1.54) is 82.3 Å². The van der Waals surface area contributed by atoms with Crippen LogP contribution in [-0.2, 0) is 79.0 Å². The Balaban J connectivity index is 0.00000106. The number of benzene rings is 2. The van der Waals surface area contributed by atoms with E-state index in [0.29, 0.717) is 0 Å². The Labute approximate surface area is 584 Å². The van der Waals surface area contributed by atoms with Crippen molar-refractivity contribution in [2.45, 2.75) is 234 Å². The van der Waals surface area contributed by atoms with Gasteiger partial charge in [0.1, 0.15) is 25.7 Å². The fourth-order valence-corrected chi connectivity index (χ4v) is 9.18. The second-order valence-corrected chi connectivity index (χ2v) is 28.6. The van der Waals surface area contributed by atoms with Crippen LogP contribution in [-0.4, -0.2) is 103 Å². The summed E-state index contributed by atoms with van der Waals surface area (Å²) in [6.45, 7) is 41.8. The van der Waals surface area contributed by atoms with Gasteiger partial charge >= 0.3 is 21.1 Å². The van der Waals surface area contributed by atoms with E-state index in [9.17, 15) is 0 Å². The van der Waals surface area contributed by atoms with Gasteiger partial charge in [-0.05, 0) is 224 Å². The van der Waals surface area contributed by atoms with Crippen LogP contribution >= 0.6 is 31.9 Å². The zero-order valence-electron chi connectivity index (χ0n) is 58.4. The molecule has 2 radical (unpaired) electrons. The van der Waals surface area contributed by atoms with Crippen LogP contribution in [0.25, 0.3) is 11.4 Å². The van der Waals surface area contributed by atoms with Crippen LogP contribution in [0, 0.1) is 13.8 Å². The number of rotatable bonds is 5. The minimum atomic E-state index is -0.476. The van der Waals surface area contributed by atoms with Crippen LogP contribution in [0.15, 0.2) is 125 Å². The molecule has 500 valence electrons. The Kier molecular flexibility index (Phi) is 38.2. The van der Waals surface area contributed by atoms with Crippen LogP contribution in [0.2, 0.25) is 0 Å². The second-order valence-electron chi connectivity index (χ2n) is 26.9. The number of allylic oxidation sites excluding steroid dienone is 8. The molecule has 0 spiro atoms. The fourth-order valence-electron chi connectivity index (χ4n) is 8.50. The Morgan fingerprint density at radius 3 is 1.01 bits per heavy atom. The van der Waals surface area contributed by atoms with E-state index in [2.05, 4.69) is 156 Å². The van der Waals surface area contributed by atoms with E-state index >= 15 is 0 Å². The van der Waals surface area contributed by atoms with Crippen molar-refractivity contribution in [3.8, 4) is 22.9 Å². The summed E-state index contributed by atoms with van der Waals surface area (Å²) < 4.78 is 48.6. The van der Waals surface area contributed by atoms with Crippen LogP contribution < -0.4 is 14.9 Å². The predicted octanol–water partition coefficient (Wildman–Crippen LogP) is 16.8. The summed E-state index contributed by atoms with van der Waals surface area (Å²) in [5, 5.41) is 11.5. The summed E-state index contributed by atoms with van der Waals surface area (Å²) in [5.74, 6) is 1.66. The van der Waals surface area contributed by atoms with Gasteiger partial charge in [0.2, 0.25) is 0 Å². The third-order valence-electron chi connectivity index (χ3n) is 16.3. The van der Waals surface area contributed by atoms with E-state index in [0.717, 1.165) is 42.9 Å². The number of hydrogen-bond acceptors (Lipinski definition) is 10. The molecule has 0 amide bonds. The first-order valence-electron chi connectivity index (χ1n) is 30.7. The van der Waals surface area contributed by atoms with Crippen molar-refractivity contribution in [1.82, 2.24) is 9.97 Å². The van der Waals surface area contributed by atoms with E-state index < -0.39 is 21.1 Å². The van der Waals surface area contributed by atoms with E-state index in [4.69, 9.17) is 47.6 Å². The molecular weight excluding hydrogens is 1610 g/mol. The normalized spacial score (nSPS) is 19.2. The van der Waals surface area contributed by atoms with Gasteiger partial charge in [-0.1, -0.05) is 134 Å². The third-order valence-corrected chi connectivity index (χ3v) is 18.1. The van der Waals surface area contributed by atoms with Crippen molar-refractivity contribution < 1.29 is 87.8 Å². The van der Waals surface area contributed by atoms with Gasteiger partial charge in [-0.15, -0.1) is 0 Å². The number of aryl methyl sites for hydroxylation is 2. The molecule has 3 saturated heterocycles. The molecule has 2 aromatic carbocycles. The van der Waals surface area contributed by atoms with E-state index in [1.807, 2.05) is 140 Å². The van der Waals surface area contributed by atoms with Gasteiger partial charge in [0.05, 0.1) is 59.2 Å². The number of aromatic nitrogens is 2. The van der Waals surface area contributed by atoms with Crippen molar-refractivity contribution in [2.24, 2.45) is 0 Å². The molecule has 5 aliphatic rings. The molecule has 4 aromatic rings. The Hall–Kier alpha value is -2.57. The maximum atomic E-state index is 6.07. The summed E-state index contributed by atoms with van der Waals surface area (Å²) >= 11 is 6.92. The third kappa shape index (κ3) is 27.4. The maximum absolute atomic E-state index is 6.07. The first kappa shape index (κ1) is 86.4. The van der Waals surface area contributed by atoms with Crippen LogP contribution in [0.3, 0.4) is 0 Å². The van der Waals surface area contributed by atoms with Crippen molar-refractivity contribution in [2.75, 3.05) is 28.4 Å². The first-order valence-corrected chi connectivity index (χ1v) is 32.3. The molecule has 0 unspecified atom stereocenters. The van der Waals surface area contributed by atoms with Crippen LogP contribution in [0.1, 0.15) is 198 Å². The van der Waals surface area contributed by atoms with Crippen LogP contribution in [0.4, 0.5) is 0 Å².